The van der Waals surface area contributed by atoms with Crippen molar-refractivity contribution >= 4 is 16.1 Å². The van der Waals surface area contributed by atoms with Gasteiger partial charge in [0, 0.05) is 18.6 Å². The monoisotopic (exact) mass is 626 g/mol. The summed E-state index contributed by atoms with van der Waals surface area (Å²) in [5, 5.41) is 14.7. The van der Waals surface area contributed by atoms with Gasteiger partial charge in [0.05, 0.1) is 12.7 Å². The fourth-order valence-electron chi connectivity index (χ4n) is 10.8. The molecule has 2 aromatic heterocycles. The summed E-state index contributed by atoms with van der Waals surface area (Å²) in [7, 11) is -4.12. The maximum absolute atomic E-state index is 12.9. The number of nitrogens with one attached hydrogen (secondary N) is 1. The third-order valence-corrected chi connectivity index (χ3v) is 14.7. The fourth-order valence-corrected chi connectivity index (χ4v) is 11.7. The van der Waals surface area contributed by atoms with Gasteiger partial charge in [-0.2, -0.15) is 5.10 Å². The zero-order valence-corrected chi connectivity index (χ0v) is 27.7. The van der Waals surface area contributed by atoms with Crippen LogP contribution in [0.1, 0.15) is 92.4 Å². The number of pyridine rings is 1. The number of fused-ring (bicyclic) bond motifs is 5. The Balaban J connectivity index is 1.10. The van der Waals surface area contributed by atoms with Crippen LogP contribution in [-0.2, 0) is 14.8 Å². The fraction of sp³-hybridized carbons (Fsp3) is 0.735. The van der Waals surface area contributed by atoms with Crippen LogP contribution in [-0.4, -0.2) is 47.1 Å². The maximum Gasteiger partial charge on any atom is 0.421 e. The van der Waals surface area contributed by atoms with Crippen LogP contribution in [0.3, 0.4) is 0 Å². The molecule has 2 aromatic rings. The van der Waals surface area contributed by atoms with E-state index in [1.807, 2.05) is 0 Å². The van der Waals surface area contributed by atoms with Crippen LogP contribution in [0, 0.1) is 51.8 Å². The maximum atomic E-state index is 12.9. The molecule has 4 aliphatic rings. The first-order valence-corrected chi connectivity index (χ1v) is 18.1. The zero-order valence-electron chi connectivity index (χ0n) is 26.9. The minimum absolute atomic E-state index is 0.115. The number of aromatic nitrogens is 3. The lowest BCUT2D eigenvalue weighted by molar-refractivity contribution is -0.206. The molecule has 0 spiro atoms. The lowest BCUT2D eigenvalue weighted by atomic mass is 9.36. The topological polar surface area (TPSA) is 123 Å². The first kappa shape index (κ1) is 31.5. The number of ether oxygens (including phenoxy) is 1. The van der Waals surface area contributed by atoms with E-state index < -0.39 is 16.1 Å². The Morgan fingerprint density at radius 3 is 2.55 bits per heavy atom. The van der Waals surface area contributed by atoms with E-state index in [1.54, 1.807) is 18.5 Å². The van der Waals surface area contributed by atoms with Crippen LogP contribution in [0.5, 0.6) is 0 Å². The Bertz CT molecular complexity index is 1450. The molecule has 4 fully saturated rings. The second-order valence-corrected chi connectivity index (χ2v) is 16.8. The molecule has 0 radical (unpaired) electrons. The summed E-state index contributed by atoms with van der Waals surface area (Å²) in [6, 6.07) is 4.68. The van der Waals surface area contributed by atoms with Crippen molar-refractivity contribution in [3.8, 4) is 5.82 Å². The quantitative estimate of drug-likeness (QED) is 0.366. The standard InChI is InChI=1S/C34H50N4O5S/c1-6-23-18-29-27-10-9-26(32(27,3)14-15-34(29,5)33(4)13-12-24(39)19-28(23)33)22(2)21-43-31(40)37-44(41,42)25-8-11-30(35-20-25)38-17-7-16-36-38/h7-8,11,16-17,20,22-24,26-29,39H,6,9-10,12-15,18-19,21H2,1-5H3,(H,37,40)/t22-,23+,24-,26?,27?,28?,29+,32-,33+,34?/m1/s1. The number of carbonyl (C=O) groups is 1. The Hall–Kier alpha value is -2.46. The zero-order chi connectivity index (χ0) is 31.5. The van der Waals surface area contributed by atoms with E-state index in [2.05, 4.69) is 49.4 Å². The summed E-state index contributed by atoms with van der Waals surface area (Å²) in [6.45, 7) is 12.3. The van der Waals surface area contributed by atoms with E-state index in [9.17, 15) is 18.3 Å². The molecule has 9 nitrogen and oxygen atoms in total. The van der Waals surface area contributed by atoms with E-state index in [0.717, 1.165) is 25.7 Å². The number of rotatable bonds is 7. The molecule has 1 amide bonds. The summed E-state index contributed by atoms with van der Waals surface area (Å²) >= 11 is 0. The molecule has 2 heterocycles. The number of sulfonamides is 1. The third kappa shape index (κ3) is 5.08. The molecule has 4 saturated carbocycles. The first-order chi connectivity index (χ1) is 20.8. The Morgan fingerprint density at radius 1 is 1.09 bits per heavy atom. The molecular formula is C34H50N4O5S. The number of nitrogens with zero attached hydrogens (tertiary/aromatic N) is 3. The molecule has 44 heavy (non-hydrogen) atoms. The van der Waals surface area contributed by atoms with Crippen LogP contribution >= 0.6 is 0 Å². The molecule has 2 N–H and O–H groups in total. The molecule has 4 unspecified atom stereocenters. The van der Waals surface area contributed by atoms with Gasteiger partial charge in [0.2, 0.25) is 0 Å². The lowest BCUT2D eigenvalue weighted by Crippen LogP contribution is -2.62. The average molecular weight is 627 g/mol. The molecule has 0 aliphatic heterocycles. The van der Waals surface area contributed by atoms with Gasteiger partial charge in [0.15, 0.2) is 5.82 Å². The van der Waals surface area contributed by atoms with Gasteiger partial charge in [0.25, 0.3) is 10.0 Å². The Kier molecular flexibility index (Phi) is 8.17. The predicted octanol–water partition coefficient (Wildman–Crippen LogP) is 6.36. The number of hydrogen-bond acceptors (Lipinski definition) is 7. The molecule has 10 atom stereocenters. The molecule has 6 rings (SSSR count). The highest BCUT2D eigenvalue weighted by Gasteiger charge is 2.67. The molecular weight excluding hydrogens is 576 g/mol. The molecule has 4 aliphatic carbocycles. The van der Waals surface area contributed by atoms with Crippen LogP contribution in [0.15, 0.2) is 41.7 Å². The molecule has 0 bridgehead atoms. The van der Waals surface area contributed by atoms with E-state index in [4.69, 9.17) is 4.74 Å². The minimum Gasteiger partial charge on any atom is -0.449 e. The summed E-state index contributed by atoms with van der Waals surface area (Å²) in [5.74, 6) is 3.59. The van der Waals surface area contributed by atoms with E-state index in [-0.39, 0.29) is 39.8 Å². The van der Waals surface area contributed by atoms with Crippen LogP contribution in [0.25, 0.3) is 5.82 Å². The van der Waals surface area contributed by atoms with Gasteiger partial charge < -0.3 is 9.84 Å². The molecule has 10 heteroatoms. The summed E-state index contributed by atoms with van der Waals surface area (Å²) in [6.07, 6.45) is 13.6. The van der Waals surface area contributed by atoms with Crippen molar-refractivity contribution in [2.75, 3.05) is 6.61 Å². The van der Waals surface area contributed by atoms with Crippen LogP contribution < -0.4 is 4.72 Å². The van der Waals surface area contributed by atoms with Crippen LogP contribution in [0.2, 0.25) is 0 Å². The van der Waals surface area contributed by atoms with Gasteiger partial charge in [-0.25, -0.2) is 27.6 Å². The predicted molar refractivity (Wildman–Crippen MR) is 167 cm³/mol. The summed E-state index contributed by atoms with van der Waals surface area (Å²) in [4.78, 5) is 16.7. The highest BCUT2D eigenvalue weighted by molar-refractivity contribution is 7.90. The number of hydrogen-bond donors (Lipinski definition) is 2. The largest absolute Gasteiger partial charge is 0.449 e. The summed E-state index contributed by atoms with van der Waals surface area (Å²) < 4.78 is 34.8. The normalized spacial score (nSPS) is 39.0. The van der Waals surface area contributed by atoms with E-state index in [1.165, 1.54) is 55.1 Å². The Labute approximate surface area is 262 Å². The van der Waals surface area contributed by atoms with Crippen molar-refractivity contribution in [3.63, 3.8) is 0 Å². The van der Waals surface area contributed by atoms with Gasteiger partial charge in [-0.15, -0.1) is 0 Å². The van der Waals surface area contributed by atoms with Crippen molar-refractivity contribution in [3.05, 3.63) is 36.8 Å². The van der Waals surface area contributed by atoms with Crippen molar-refractivity contribution in [1.29, 1.82) is 0 Å². The smallest absolute Gasteiger partial charge is 0.421 e. The molecule has 0 aromatic carbocycles. The van der Waals surface area contributed by atoms with Crippen molar-refractivity contribution in [1.82, 2.24) is 19.5 Å². The second-order valence-electron chi connectivity index (χ2n) is 15.2. The summed E-state index contributed by atoms with van der Waals surface area (Å²) in [5.41, 5.74) is 0.720. The van der Waals surface area contributed by atoms with Crippen LogP contribution in [0.4, 0.5) is 4.79 Å². The van der Waals surface area contributed by atoms with Gasteiger partial charge >= 0.3 is 6.09 Å². The number of aliphatic hydroxyl groups is 1. The van der Waals surface area contributed by atoms with Crippen molar-refractivity contribution in [2.24, 2.45) is 51.8 Å². The highest BCUT2D eigenvalue weighted by Crippen LogP contribution is 2.74. The van der Waals surface area contributed by atoms with Gasteiger partial charge in [0.1, 0.15) is 4.90 Å². The van der Waals surface area contributed by atoms with Crippen molar-refractivity contribution < 1.29 is 23.1 Å². The van der Waals surface area contributed by atoms with E-state index in [0.29, 0.717) is 35.4 Å². The van der Waals surface area contributed by atoms with Gasteiger partial charge in [-0.3, -0.25) is 0 Å². The van der Waals surface area contributed by atoms with E-state index >= 15 is 0 Å². The SMILES string of the molecule is CC[C@H]1C[C@H]2C3CCC([C@H](C)COC(=O)NS(=O)(=O)c4ccc(-n5cccn5)nc4)[C@@]3(C)CCC2(C)[C@@]2(C)CC[C@@H](O)CC12. The third-order valence-electron chi connectivity index (χ3n) is 13.4. The number of carbonyl (C=O) groups excluding carboxylic acids is 1. The average Bonchev–Trinajstić information content (AvgIpc) is 3.65. The molecule has 242 valence electrons. The number of amides is 1. The molecule has 0 saturated heterocycles. The second kappa shape index (κ2) is 11.4. The number of aliphatic hydroxyl groups excluding tert-OH is 1. The van der Waals surface area contributed by atoms with Crippen molar-refractivity contribution in [2.45, 2.75) is 103 Å². The lowest BCUT2D eigenvalue weighted by Gasteiger charge is -2.68. The van der Waals surface area contributed by atoms with Gasteiger partial charge in [-0.05, 0) is 121 Å². The first-order valence-electron chi connectivity index (χ1n) is 16.7. The Morgan fingerprint density at radius 2 is 1.86 bits per heavy atom. The minimum atomic E-state index is -4.12. The van der Waals surface area contributed by atoms with Gasteiger partial charge in [-0.1, -0.05) is 41.0 Å². The highest BCUT2D eigenvalue weighted by atomic mass is 32.2.